The third kappa shape index (κ3) is 2.43. The average molecular weight is 338 g/mol. The van der Waals surface area contributed by atoms with Gasteiger partial charge in [-0.3, -0.25) is 4.79 Å². The normalized spacial score (nSPS) is 18.0. The van der Waals surface area contributed by atoms with Crippen LogP contribution in [0.25, 0.3) is 10.2 Å². The molecule has 0 spiro atoms. The van der Waals surface area contributed by atoms with Crippen molar-refractivity contribution in [2.24, 2.45) is 0 Å². The number of carbonyl (C=O) groups excluding carboxylic acids is 1. The van der Waals surface area contributed by atoms with E-state index in [2.05, 4.69) is 46.2 Å². The minimum Gasteiger partial charge on any atom is -0.352 e. The van der Waals surface area contributed by atoms with Gasteiger partial charge in [-0.15, -0.1) is 11.3 Å². The summed E-state index contributed by atoms with van der Waals surface area (Å²) in [5.41, 5.74) is 2.37. The number of hydrogen-bond donors (Lipinski definition) is 1. The molecule has 1 aliphatic heterocycles. The molecule has 1 unspecified atom stereocenters. The van der Waals surface area contributed by atoms with Crippen LogP contribution in [0.1, 0.15) is 22.0 Å². The molecule has 1 amide bonds. The van der Waals surface area contributed by atoms with Crippen molar-refractivity contribution in [3.05, 3.63) is 52.7 Å². The third-order valence-corrected chi connectivity index (χ3v) is 5.70. The number of hydrogen-bond acceptors (Lipinski definition) is 5. The van der Waals surface area contributed by atoms with Crippen LogP contribution in [0.4, 0.5) is 5.82 Å². The zero-order chi connectivity index (χ0) is 16.7. The molecule has 0 bridgehead atoms. The number of anilines is 1. The number of fused-ring (bicyclic) bond motifs is 1. The minimum absolute atomic E-state index is 0.0264. The van der Waals surface area contributed by atoms with Crippen LogP contribution in [0.3, 0.4) is 0 Å². The molecule has 0 aliphatic carbocycles. The Morgan fingerprint density at radius 1 is 1.21 bits per heavy atom. The summed E-state index contributed by atoms with van der Waals surface area (Å²) in [6.07, 6.45) is 1.60. The molecule has 1 N–H and O–H groups in total. The van der Waals surface area contributed by atoms with Gasteiger partial charge in [-0.1, -0.05) is 30.3 Å². The molecule has 4 rings (SSSR count). The molecule has 3 heterocycles. The van der Waals surface area contributed by atoms with E-state index in [1.54, 1.807) is 17.7 Å². The van der Waals surface area contributed by atoms with Crippen molar-refractivity contribution in [1.82, 2.24) is 15.3 Å². The zero-order valence-corrected chi connectivity index (χ0v) is 14.4. The van der Waals surface area contributed by atoms with Crippen molar-refractivity contribution in [3.63, 3.8) is 0 Å². The molecule has 2 aromatic heterocycles. The van der Waals surface area contributed by atoms with Crippen LogP contribution in [-0.2, 0) is 4.79 Å². The predicted octanol–water partition coefficient (Wildman–Crippen LogP) is 2.99. The van der Waals surface area contributed by atoms with Crippen LogP contribution in [0, 0.1) is 13.8 Å². The Labute approximate surface area is 144 Å². The number of amides is 1. The second-order valence-corrected chi connectivity index (χ2v) is 7.22. The molecule has 1 atom stereocenters. The first-order valence-electron chi connectivity index (χ1n) is 7.94. The van der Waals surface area contributed by atoms with E-state index in [1.807, 2.05) is 18.2 Å². The first-order valence-corrected chi connectivity index (χ1v) is 8.76. The van der Waals surface area contributed by atoms with Gasteiger partial charge in [0.25, 0.3) is 0 Å². The van der Waals surface area contributed by atoms with Gasteiger partial charge in [0.1, 0.15) is 17.0 Å². The number of aromatic nitrogens is 2. The van der Waals surface area contributed by atoms with E-state index in [0.29, 0.717) is 13.1 Å². The molecule has 3 aromatic rings. The second-order valence-electron chi connectivity index (χ2n) is 6.02. The maximum Gasteiger partial charge on any atom is 0.239 e. The minimum atomic E-state index is 0.0264. The van der Waals surface area contributed by atoms with Crippen molar-refractivity contribution in [1.29, 1.82) is 0 Å². The summed E-state index contributed by atoms with van der Waals surface area (Å²) >= 11 is 1.68. The molecule has 6 heteroatoms. The van der Waals surface area contributed by atoms with Crippen LogP contribution in [0.15, 0.2) is 36.7 Å². The van der Waals surface area contributed by atoms with E-state index in [1.165, 1.54) is 16.0 Å². The smallest absolute Gasteiger partial charge is 0.239 e. The topological polar surface area (TPSA) is 58.1 Å². The van der Waals surface area contributed by atoms with Gasteiger partial charge in [0.15, 0.2) is 0 Å². The number of nitrogens with zero attached hydrogens (tertiary/aromatic N) is 3. The lowest BCUT2D eigenvalue weighted by atomic mass is 10.0. The van der Waals surface area contributed by atoms with Gasteiger partial charge in [-0.05, 0) is 25.0 Å². The van der Waals surface area contributed by atoms with Crippen molar-refractivity contribution in [3.8, 4) is 0 Å². The molecule has 0 radical (unpaired) electrons. The van der Waals surface area contributed by atoms with Crippen LogP contribution < -0.4 is 10.2 Å². The standard InChI is InChI=1S/C18H18N4OS/c1-11-12(2)24-18-16(11)17(20-10-21-18)22-9-15(23)19-8-14(22)13-6-4-3-5-7-13/h3-7,10,14H,8-9H2,1-2H3,(H,19,23). The van der Waals surface area contributed by atoms with Crippen molar-refractivity contribution in [2.45, 2.75) is 19.9 Å². The summed E-state index contributed by atoms with van der Waals surface area (Å²) in [4.78, 5) is 25.4. The first-order chi connectivity index (χ1) is 11.6. The van der Waals surface area contributed by atoms with Gasteiger partial charge >= 0.3 is 0 Å². The van der Waals surface area contributed by atoms with E-state index >= 15 is 0 Å². The number of benzene rings is 1. The summed E-state index contributed by atoms with van der Waals surface area (Å²) in [6.45, 7) is 5.09. The first kappa shape index (κ1) is 15.1. The molecule has 1 aliphatic rings. The number of piperazine rings is 1. The molecule has 24 heavy (non-hydrogen) atoms. The SMILES string of the molecule is Cc1sc2ncnc(N3CC(=O)NCC3c3ccccc3)c2c1C. The maximum absolute atomic E-state index is 12.1. The zero-order valence-electron chi connectivity index (χ0n) is 13.6. The Morgan fingerprint density at radius 2 is 2.00 bits per heavy atom. The Kier molecular flexibility index (Phi) is 3.69. The molecule has 122 valence electrons. The van der Waals surface area contributed by atoms with Crippen LogP contribution >= 0.6 is 11.3 Å². The highest BCUT2D eigenvalue weighted by atomic mass is 32.1. The highest BCUT2D eigenvalue weighted by Gasteiger charge is 2.30. The number of rotatable bonds is 2. The van der Waals surface area contributed by atoms with Gasteiger partial charge in [0.2, 0.25) is 5.91 Å². The van der Waals surface area contributed by atoms with Crippen molar-refractivity contribution < 1.29 is 4.79 Å². The molecule has 5 nitrogen and oxygen atoms in total. The van der Waals surface area contributed by atoms with Gasteiger partial charge in [-0.25, -0.2) is 9.97 Å². The molecule has 0 saturated carbocycles. The fourth-order valence-electron chi connectivity index (χ4n) is 3.22. The number of carbonyl (C=O) groups is 1. The monoisotopic (exact) mass is 338 g/mol. The maximum atomic E-state index is 12.1. The van der Waals surface area contributed by atoms with E-state index < -0.39 is 0 Å². The highest BCUT2D eigenvalue weighted by molar-refractivity contribution is 7.18. The lowest BCUT2D eigenvalue weighted by Crippen LogP contribution is -2.50. The van der Waals surface area contributed by atoms with Crippen molar-refractivity contribution in [2.75, 3.05) is 18.0 Å². The number of nitrogens with one attached hydrogen (secondary N) is 1. The van der Waals surface area contributed by atoms with Crippen LogP contribution in [0.5, 0.6) is 0 Å². The Morgan fingerprint density at radius 3 is 2.79 bits per heavy atom. The molecule has 1 aromatic carbocycles. The lowest BCUT2D eigenvalue weighted by Gasteiger charge is -2.37. The second kappa shape index (κ2) is 5.87. The Bertz CT molecular complexity index is 906. The highest BCUT2D eigenvalue weighted by Crippen LogP contribution is 2.37. The van der Waals surface area contributed by atoms with Gasteiger partial charge in [0.05, 0.1) is 18.0 Å². The quantitative estimate of drug-likeness (QED) is 0.780. The summed E-state index contributed by atoms with van der Waals surface area (Å²) in [5, 5.41) is 4.04. The van der Waals surface area contributed by atoms with Gasteiger partial charge < -0.3 is 10.2 Å². The fraction of sp³-hybridized carbons (Fsp3) is 0.278. The molecular weight excluding hydrogens is 320 g/mol. The fourth-order valence-corrected chi connectivity index (χ4v) is 4.21. The van der Waals surface area contributed by atoms with E-state index in [-0.39, 0.29) is 11.9 Å². The third-order valence-electron chi connectivity index (χ3n) is 4.58. The van der Waals surface area contributed by atoms with Gasteiger partial charge in [0, 0.05) is 11.4 Å². The van der Waals surface area contributed by atoms with E-state index in [0.717, 1.165) is 16.0 Å². The summed E-state index contributed by atoms with van der Waals surface area (Å²) < 4.78 is 0. The van der Waals surface area contributed by atoms with Crippen molar-refractivity contribution >= 4 is 33.3 Å². The van der Waals surface area contributed by atoms with E-state index in [9.17, 15) is 4.79 Å². The summed E-state index contributed by atoms with van der Waals surface area (Å²) in [6, 6.07) is 10.3. The predicted molar refractivity (Wildman–Crippen MR) is 96.4 cm³/mol. The number of thiophene rings is 1. The Hall–Kier alpha value is -2.47. The molecule has 1 saturated heterocycles. The van der Waals surface area contributed by atoms with Crippen LogP contribution in [-0.4, -0.2) is 29.0 Å². The average Bonchev–Trinajstić information content (AvgIpc) is 2.90. The lowest BCUT2D eigenvalue weighted by molar-refractivity contribution is -0.120. The Balaban J connectivity index is 1.87. The van der Waals surface area contributed by atoms with Crippen LogP contribution in [0.2, 0.25) is 0 Å². The summed E-state index contributed by atoms with van der Waals surface area (Å²) in [5.74, 6) is 0.879. The summed E-state index contributed by atoms with van der Waals surface area (Å²) in [7, 11) is 0. The largest absolute Gasteiger partial charge is 0.352 e. The van der Waals surface area contributed by atoms with E-state index in [4.69, 9.17) is 0 Å². The molecule has 1 fully saturated rings. The van der Waals surface area contributed by atoms with Gasteiger partial charge in [-0.2, -0.15) is 0 Å². The number of aryl methyl sites for hydroxylation is 2. The molecular formula is C18H18N4OS.